The minimum atomic E-state index is -0.0531. The normalized spacial score (nSPS) is 10.8. The van der Waals surface area contributed by atoms with E-state index in [2.05, 4.69) is 10.3 Å². The number of methoxy groups -OCH3 is 3. The van der Waals surface area contributed by atoms with Crippen LogP contribution in [0, 0.1) is 0 Å². The highest BCUT2D eigenvalue weighted by molar-refractivity contribution is 5.67. The molecule has 2 heterocycles. The zero-order chi connectivity index (χ0) is 21.8. The topological polar surface area (TPSA) is 90.1 Å². The smallest absolute Gasteiger partial charge is 0.203 e. The Kier molecular flexibility index (Phi) is 5.90. The largest absolute Gasteiger partial charge is 0.493 e. The molecule has 0 saturated heterocycles. The summed E-state index contributed by atoms with van der Waals surface area (Å²) >= 11 is 0. The number of imidazole rings is 1. The van der Waals surface area contributed by atoms with Gasteiger partial charge < -0.3 is 24.6 Å². The van der Waals surface area contributed by atoms with Crippen LogP contribution in [0.3, 0.4) is 0 Å². The van der Waals surface area contributed by atoms with Crippen molar-refractivity contribution >= 4 is 11.5 Å². The molecule has 0 spiro atoms. The molecule has 0 aliphatic heterocycles. The molecule has 160 valence electrons. The van der Waals surface area contributed by atoms with E-state index in [1.165, 1.54) is 0 Å². The number of aliphatic hydroxyl groups excluding tert-OH is 1. The van der Waals surface area contributed by atoms with Crippen molar-refractivity contribution in [3.05, 3.63) is 65.9 Å². The number of anilines is 1. The van der Waals surface area contributed by atoms with E-state index in [1.54, 1.807) is 32.0 Å². The Morgan fingerprint density at radius 2 is 1.71 bits per heavy atom. The zero-order valence-corrected chi connectivity index (χ0v) is 17.6. The molecule has 0 atom stereocenters. The van der Waals surface area contributed by atoms with Gasteiger partial charge in [0.1, 0.15) is 5.82 Å². The first-order chi connectivity index (χ1) is 15.2. The summed E-state index contributed by atoms with van der Waals surface area (Å²) < 4.78 is 18.0. The van der Waals surface area contributed by atoms with Crippen molar-refractivity contribution in [1.29, 1.82) is 0 Å². The van der Waals surface area contributed by atoms with E-state index in [0.29, 0.717) is 29.6 Å². The van der Waals surface area contributed by atoms with Gasteiger partial charge in [-0.1, -0.05) is 24.3 Å². The molecule has 31 heavy (non-hydrogen) atoms. The third-order valence-electron chi connectivity index (χ3n) is 5.02. The Morgan fingerprint density at radius 1 is 0.968 bits per heavy atom. The van der Waals surface area contributed by atoms with Crippen LogP contribution < -0.4 is 19.5 Å². The molecule has 2 aromatic carbocycles. The quantitative estimate of drug-likeness (QED) is 0.451. The minimum Gasteiger partial charge on any atom is -0.493 e. The van der Waals surface area contributed by atoms with E-state index >= 15 is 0 Å². The summed E-state index contributed by atoms with van der Waals surface area (Å²) in [5.41, 5.74) is 4.21. The second-order valence-electron chi connectivity index (χ2n) is 6.83. The van der Waals surface area contributed by atoms with Gasteiger partial charge in [0.25, 0.3) is 0 Å². The Balaban J connectivity index is 1.63. The second-order valence-corrected chi connectivity index (χ2v) is 6.83. The first-order valence-electron chi connectivity index (χ1n) is 9.75. The van der Waals surface area contributed by atoms with Crippen LogP contribution in [0.25, 0.3) is 16.9 Å². The van der Waals surface area contributed by atoms with Gasteiger partial charge in [-0.3, -0.25) is 0 Å². The highest BCUT2D eigenvalue weighted by Crippen LogP contribution is 2.38. The van der Waals surface area contributed by atoms with Crippen LogP contribution in [0.1, 0.15) is 11.1 Å². The fourth-order valence-corrected chi connectivity index (χ4v) is 3.49. The molecule has 0 fully saturated rings. The summed E-state index contributed by atoms with van der Waals surface area (Å²) in [7, 11) is 4.76. The van der Waals surface area contributed by atoms with Gasteiger partial charge in [0.05, 0.1) is 39.8 Å². The first kappa shape index (κ1) is 20.5. The maximum Gasteiger partial charge on any atom is 0.203 e. The van der Waals surface area contributed by atoms with Crippen molar-refractivity contribution in [2.45, 2.75) is 13.2 Å². The highest BCUT2D eigenvalue weighted by atomic mass is 16.5. The molecular weight excluding hydrogens is 396 g/mol. The predicted octanol–water partition coefficient (Wildman–Crippen LogP) is 3.53. The van der Waals surface area contributed by atoms with Crippen LogP contribution in [0.15, 0.2) is 54.7 Å². The summed E-state index contributed by atoms with van der Waals surface area (Å²) in [6.07, 6.45) is 1.76. The Hall–Kier alpha value is -3.78. The molecule has 0 bridgehead atoms. The van der Waals surface area contributed by atoms with Crippen LogP contribution >= 0.6 is 0 Å². The minimum absolute atomic E-state index is 0.0531. The lowest BCUT2D eigenvalue weighted by atomic mass is 10.1. The zero-order valence-electron chi connectivity index (χ0n) is 17.6. The van der Waals surface area contributed by atoms with Crippen molar-refractivity contribution in [3.63, 3.8) is 0 Å². The van der Waals surface area contributed by atoms with Crippen LogP contribution in [0.2, 0.25) is 0 Å². The molecule has 0 unspecified atom stereocenters. The van der Waals surface area contributed by atoms with Crippen molar-refractivity contribution < 1.29 is 19.3 Å². The summed E-state index contributed by atoms with van der Waals surface area (Å²) in [6.45, 7) is 0.453. The van der Waals surface area contributed by atoms with Crippen molar-refractivity contribution in [1.82, 2.24) is 14.6 Å². The molecule has 4 aromatic rings. The Labute approximate surface area is 180 Å². The number of hydrogen-bond donors (Lipinski definition) is 2. The van der Waals surface area contributed by atoms with E-state index in [-0.39, 0.29) is 6.61 Å². The van der Waals surface area contributed by atoms with Crippen molar-refractivity contribution in [3.8, 4) is 28.5 Å². The molecule has 2 N–H and O–H groups in total. The number of nitrogens with one attached hydrogen (secondary N) is 1. The Morgan fingerprint density at radius 3 is 2.39 bits per heavy atom. The average Bonchev–Trinajstić information content (AvgIpc) is 3.24. The van der Waals surface area contributed by atoms with Crippen molar-refractivity contribution in [2.75, 3.05) is 26.6 Å². The number of hydrogen-bond acceptors (Lipinski definition) is 7. The molecule has 4 rings (SSSR count). The predicted molar refractivity (Wildman–Crippen MR) is 118 cm³/mol. The van der Waals surface area contributed by atoms with Gasteiger partial charge in [-0.15, -0.1) is 5.10 Å². The van der Waals surface area contributed by atoms with Gasteiger partial charge in [-0.25, -0.2) is 9.50 Å². The fraction of sp³-hybridized carbons (Fsp3) is 0.217. The van der Waals surface area contributed by atoms with Crippen LogP contribution in [-0.4, -0.2) is 41.0 Å². The third kappa shape index (κ3) is 3.97. The van der Waals surface area contributed by atoms with Crippen LogP contribution in [-0.2, 0) is 13.2 Å². The number of ether oxygens (including phenoxy) is 3. The first-order valence-corrected chi connectivity index (χ1v) is 9.75. The molecule has 0 aliphatic carbocycles. The SMILES string of the molecule is COc1cc(CNc2ccc3ncc(-c4ccccc4CO)n3n2)cc(OC)c1OC. The van der Waals surface area contributed by atoms with Gasteiger partial charge in [0.2, 0.25) is 5.75 Å². The van der Waals surface area contributed by atoms with Crippen LogP contribution in [0.4, 0.5) is 5.82 Å². The lowest BCUT2D eigenvalue weighted by molar-refractivity contribution is 0.282. The monoisotopic (exact) mass is 420 g/mol. The molecule has 8 heteroatoms. The molecule has 0 aliphatic rings. The standard InChI is InChI=1S/C23H24N4O4/c1-29-19-10-15(11-20(30-2)23(19)31-3)12-24-21-8-9-22-25-13-18(27(22)26-21)17-7-5-4-6-16(17)14-28/h4-11,13,28H,12,14H2,1-3H3,(H,24,26). The van der Waals surface area contributed by atoms with E-state index in [1.807, 2.05) is 48.5 Å². The molecule has 0 amide bonds. The van der Waals surface area contributed by atoms with E-state index < -0.39 is 0 Å². The fourth-order valence-electron chi connectivity index (χ4n) is 3.49. The molecule has 2 aromatic heterocycles. The van der Waals surface area contributed by atoms with Gasteiger partial charge >= 0.3 is 0 Å². The lowest BCUT2D eigenvalue weighted by Crippen LogP contribution is -2.06. The molecule has 8 nitrogen and oxygen atoms in total. The van der Waals surface area contributed by atoms with E-state index in [0.717, 1.165) is 28.0 Å². The lowest BCUT2D eigenvalue weighted by Gasteiger charge is -2.14. The van der Waals surface area contributed by atoms with E-state index in [4.69, 9.17) is 19.3 Å². The number of nitrogens with zero attached hydrogens (tertiary/aromatic N) is 3. The average molecular weight is 420 g/mol. The van der Waals surface area contributed by atoms with Gasteiger partial charge in [-0.05, 0) is 35.4 Å². The maximum absolute atomic E-state index is 9.69. The summed E-state index contributed by atoms with van der Waals surface area (Å²) in [4.78, 5) is 4.44. The summed E-state index contributed by atoms with van der Waals surface area (Å²) in [6, 6.07) is 15.2. The van der Waals surface area contributed by atoms with Crippen LogP contribution in [0.5, 0.6) is 17.2 Å². The molecule has 0 radical (unpaired) electrons. The number of fused-ring (bicyclic) bond motifs is 1. The summed E-state index contributed by atoms with van der Waals surface area (Å²) in [5, 5.41) is 17.7. The maximum atomic E-state index is 9.69. The number of rotatable bonds is 8. The van der Waals surface area contributed by atoms with E-state index in [9.17, 15) is 5.11 Å². The Bertz CT molecular complexity index is 1180. The number of aliphatic hydroxyl groups is 1. The van der Waals surface area contributed by atoms with Gasteiger partial charge in [-0.2, -0.15) is 0 Å². The second kappa shape index (κ2) is 8.93. The highest BCUT2D eigenvalue weighted by Gasteiger charge is 2.14. The van der Waals surface area contributed by atoms with Crippen molar-refractivity contribution in [2.24, 2.45) is 0 Å². The number of benzene rings is 2. The summed E-state index contributed by atoms with van der Waals surface area (Å²) in [5.74, 6) is 2.43. The number of aromatic nitrogens is 3. The molecule has 0 saturated carbocycles. The molecular formula is C23H24N4O4. The van der Waals surface area contributed by atoms with Gasteiger partial charge in [0, 0.05) is 12.1 Å². The van der Waals surface area contributed by atoms with Gasteiger partial charge in [0.15, 0.2) is 17.1 Å². The third-order valence-corrected chi connectivity index (χ3v) is 5.02.